The number of aryl methyl sites for hydroxylation is 1. The van der Waals surface area contributed by atoms with Crippen molar-refractivity contribution < 1.29 is 19.1 Å². The summed E-state index contributed by atoms with van der Waals surface area (Å²) in [4.78, 5) is 24.7. The Balaban J connectivity index is 1.91. The Hall–Kier alpha value is -3.13. The van der Waals surface area contributed by atoms with E-state index in [1.165, 1.54) is 24.8 Å². The molecule has 5 heteroatoms. The molecule has 164 valence electrons. The lowest BCUT2D eigenvalue weighted by atomic mass is 9.87. The van der Waals surface area contributed by atoms with Gasteiger partial charge < -0.3 is 9.47 Å². The number of unbranched alkanes of at least 4 members (excludes halogenated alkanes) is 3. The molecule has 0 saturated carbocycles. The van der Waals surface area contributed by atoms with E-state index in [0.717, 1.165) is 12.8 Å². The van der Waals surface area contributed by atoms with E-state index in [9.17, 15) is 14.9 Å². The summed E-state index contributed by atoms with van der Waals surface area (Å²) in [7, 11) is 0. The Labute approximate surface area is 185 Å². The molecule has 0 N–H and O–H groups in total. The van der Waals surface area contributed by atoms with Gasteiger partial charge in [-0.1, -0.05) is 51.7 Å². The number of ether oxygens (including phenoxy) is 2. The van der Waals surface area contributed by atoms with Gasteiger partial charge in [0.1, 0.15) is 11.5 Å². The van der Waals surface area contributed by atoms with Gasteiger partial charge in [-0.15, -0.1) is 0 Å². The van der Waals surface area contributed by atoms with Crippen molar-refractivity contribution in [2.24, 2.45) is 5.41 Å². The third-order valence-electron chi connectivity index (χ3n) is 5.20. The molecule has 0 amide bonds. The second-order valence-corrected chi connectivity index (χ2v) is 7.95. The number of carbonyl (C=O) groups excluding carboxylic acids is 2. The molecule has 0 aromatic heterocycles. The zero-order valence-electron chi connectivity index (χ0n) is 18.6. The van der Waals surface area contributed by atoms with Crippen LogP contribution in [0.15, 0.2) is 48.5 Å². The first kappa shape index (κ1) is 24.1. The van der Waals surface area contributed by atoms with Gasteiger partial charge in [-0.05, 0) is 68.1 Å². The first-order valence-electron chi connectivity index (χ1n) is 11.0. The Kier molecular flexibility index (Phi) is 9.27. The van der Waals surface area contributed by atoms with E-state index < -0.39 is 17.4 Å². The van der Waals surface area contributed by atoms with Gasteiger partial charge in [0.15, 0.2) is 5.41 Å². The standard InChI is InChI=1S/C26H31NO4/c1-4-6-7-8-9-20-10-12-21(13-11-20)24(28)30-22-14-16-23(17-15-22)31-25(29)26(3,19-27)18-5-2/h10-17H,4-9,18H2,1-3H3. The van der Waals surface area contributed by atoms with Crippen molar-refractivity contribution >= 4 is 11.9 Å². The highest BCUT2D eigenvalue weighted by Crippen LogP contribution is 2.26. The fourth-order valence-electron chi connectivity index (χ4n) is 3.23. The monoisotopic (exact) mass is 421 g/mol. The molecular formula is C26H31NO4. The molecule has 1 atom stereocenters. The van der Waals surface area contributed by atoms with Crippen LogP contribution in [0.5, 0.6) is 11.5 Å². The summed E-state index contributed by atoms with van der Waals surface area (Å²) in [6.45, 7) is 5.68. The van der Waals surface area contributed by atoms with Crippen LogP contribution in [0.2, 0.25) is 0 Å². The maximum absolute atomic E-state index is 12.4. The normalized spacial score (nSPS) is 12.5. The highest BCUT2D eigenvalue weighted by Gasteiger charge is 2.34. The van der Waals surface area contributed by atoms with Crippen LogP contribution in [0.3, 0.4) is 0 Å². The van der Waals surface area contributed by atoms with Crippen molar-refractivity contribution in [3.05, 3.63) is 59.7 Å². The quantitative estimate of drug-likeness (QED) is 0.243. The van der Waals surface area contributed by atoms with E-state index in [4.69, 9.17) is 9.47 Å². The van der Waals surface area contributed by atoms with Crippen molar-refractivity contribution in [3.63, 3.8) is 0 Å². The molecule has 31 heavy (non-hydrogen) atoms. The number of carbonyl (C=O) groups is 2. The summed E-state index contributed by atoms with van der Waals surface area (Å²) in [5, 5.41) is 9.29. The number of hydrogen-bond donors (Lipinski definition) is 0. The van der Waals surface area contributed by atoms with E-state index in [1.54, 1.807) is 43.3 Å². The van der Waals surface area contributed by atoms with Gasteiger partial charge in [-0.3, -0.25) is 0 Å². The first-order valence-corrected chi connectivity index (χ1v) is 11.0. The van der Waals surface area contributed by atoms with Crippen LogP contribution >= 0.6 is 0 Å². The third kappa shape index (κ3) is 7.25. The van der Waals surface area contributed by atoms with E-state index >= 15 is 0 Å². The molecular weight excluding hydrogens is 390 g/mol. The Morgan fingerprint density at radius 3 is 2.03 bits per heavy atom. The number of nitrogens with zero attached hydrogens (tertiary/aromatic N) is 1. The predicted molar refractivity (Wildman–Crippen MR) is 120 cm³/mol. The zero-order chi connectivity index (χ0) is 22.7. The van der Waals surface area contributed by atoms with Gasteiger partial charge >= 0.3 is 11.9 Å². The van der Waals surface area contributed by atoms with Crippen LogP contribution in [0.4, 0.5) is 0 Å². The fraction of sp³-hybridized carbons (Fsp3) is 0.423. The smallest absolute Gasteiger partial charge is 0.343 e. The average Bonchev–Trinajstić information content (AvgIpc) is 2.78. The SMILES string of the molecule is CCCCCCc1ccc(C(=O)Oc2ccc(OC(=O)C(C)(C#N)CCC)cc2)cc1. The lowest BCUT2D eigenvalue weighted by Crippen LogP contribution is -2.30. The van der Waals surface area contributed by atoms with Crippen molar-refractivity contribution in [1.82, 2.24) is 0 Å². The summed E-state index contributed by atoms with van der Waals surface area (Å²) in [5.41, 5.74) is 0.519. The lowest BCUT2D eigenvalue weighted by Gasteiger charge is -2.18. The molecule has 0 bridgehead atoms. The van der Waals surface area contributed by atoms with E-state index in [0.29, 0.717) is 29.9 Å². The van der Waals surface area contributed by atoms with E-state index in [-0.39, 0.29) is 0 Å². The third-order valence-corrected chi connectivity index (χ3v) is 5.20. The summed E-state index contributed by atoms with van der Waals surface area (Å²) in [5.74, 6) is -0.376. The summed E-state index contributed by atoms with van der Waals surface area (Å²) < 4.78 is 10.7. The number of esters is 2. The van der Waals surface area contributed by atoms with Crippen LogP contribution in [0, 0.1) is 16.7 Å². The van der Waals surface area contributed by atoms with Gasteiger partial charge in [0.05, 0.1) is 11.6 Å². The van der Waals surface area contributed by atoms with Crippen LogP contribution in [-0.4, -0.2) is 11.9 Å². The van der Waals surface area contributed by atoms with Gasteiger partial charge in [-0.25, -0.2) is 9.59 Å². The molecule has 2 aromatic carbocycles. The Bertz CT molecular complexity index is 896. The summed E-state index contributed by atoms with van der Waals surface area (Å²) >= 11 is 0. The van der Waals surface area contributed by atoms with Crippen molar-refractivity contribution in [2.75, 3.05) is 0 Å². The Morgan fingerprint density at radius 1 is 0.871 bits per heavy atom. The predicted octanol–water partition coefficient (Wildman–Crippen LogP) is 6.26. The number of nitriles is 1. The molecule has 0 heterocycles. The minimum absolute atomic E-state index is 0.301. The largest absolute Gasteiger partial charge is 0.425 e. The van der Waals surface area contributed by atoms with Crippen molar-refractivity contribution in [1.29, 1.82) is 5.26 Å². The van der Waals surface area contributed by atoms with Crippen molar-refractivity contribution in [3.8, 4) is 17.6 Å². The zero-order valence-corrected chi connectivity index (χ0v) is 18.6. The van der Waals surface area contributed by atoms with Gasteiger partial charge in [0.25, 0.3) is 0 Å². The minimum Gasteiger partial charge on any atom is -0.425 e. The number of rotatable bonds is 11. The number of hydrogen-bond acceptors (Lipinski definition) is 5. The maximum Gasteiger partial charge on any atom is 0.343 e. The molecule has 0 radical (unpaired) electrons. The molecule has 0 aliphatic rings. The van der Waals surface area contributed by atoms with Crippen LogP contribution < -0.4 is 9.47 Å². The molecule has 5 nitrogen and oxygen atoms in total. The molecule has 2 rings (SSSR count). The second kappa shape index (κ2) is 11.9. The highest BCUT2D eigenvalue weighted by molar-refractivity contribution is 5.91. The average molecular weight is 422 g/mol. The lowest BCUT2D eigenvalue weighted by molar-refractivity contribution is -0.142. The molecule has 0 aliphatic carbocycles. The highest BCUT2D eigenvalue weighted by atomic mass is 16.5. The summed E-state index contributed by atoms with van der Waals surface area (Å²) in [6, 6.07) is 15.7. The summed E-state index contributed by atoms with van der Waals surface area (Å²) in [6.07, 6.45) is 6.98. The first-order chi connectivity index (χ1) is 14.9. The topological polar surface area (TPSA) is 76.4 Å². The fourth-order valence-corrected chi connectivity index (χ4v) is 3.23. The maximum atomic E-state index is 12.4. The molecule has 0 saturated heterocycles. The molecule has 0 spiro atoms. The molecule has 0 aliphatic heterocycles. The van der Waals surface area contributed by atoms with Gasteiger partial charge in [0, 0.05) is 0 Å². The van der Waals surface area contributed by atoms with Gasteiger partial charge in [0.2, 0.25) is 0 Å². The number of benzene rings is 2. The minimum atomic E-state index is -1.18. The van der Waals surface area contributed by atoms with E-state index in [1.807, 2.05) is 25.1 Å². The molecule has 0 fully saturated rings. The van der Waals surface area contributed by atoms with Crippen LogP contribution in [-0.2, 0) is 11.2 Å². The van der Waals surface area contributed by atoms with Crippen LogP contribution in [0.1, 0.15) is 75.2 Å². The molecule has 1 unspecified atom stereocenters. The Morgan fingerprint density at radius 2 is 1.48 bits per heavy atom. The van der Waals surface area contributed by atoms with Gasteiger partial charge in [-0.2, -0.15) is 5.26 Å². The van der Waals surface area contributed by atoms with Crippen LogP contribution in [0.25, 0.3) is 0 Å². The van der Waals surface area contributed by atoms with Crippen molar-refractivity contribution in [2.45, 2.75) is 65.7 Å². The second-order valence-electron chi connectivity index (χ2n) is 7.95. The molecule has 2 aromatic rings. The van der Waals surface area contributed by atoms with E-state index in [2.05, 4.69) is 6.92 Å².